The highest BCUT2D eigenvalue weighted by Gasteiger charge is 2.31. The summed E-state index contributed by atoms with van der Waals surface area (Å²) >= 11 is 0. The molecular formula is C18H31N3O2. The zero-order valence-electron chi connectivity index (χ0n) is 15.3. The van der Waals surface area contributed by atoms with Gasteiger partial charge in [-0.2, -0.15) is 0 Å². The quantitative estimate of drug-likeness (QED) is 0.875. The van der Waals surface area contributed by atoms with Crippen LogP contribution >= 0.6 is 0 Å². The summed E-state index contributed by atoms with van der Waals surface area (Å²) < 4.78 is 7.62. The van der Waals surface area contributed by atoms with Crippen molar-refractivity contribution < 1.29 is 9.53 Å². The van der Waals surface area contributed by atoms with Gasteiger partial charge in [0.1, 0.15) is 5.60 Å². The molecule has 0 aromatic carbocycles. The third-order valence-electron chi connectivity index (χ3n) is 4.43. The number of carbonyl (C=O) groups excluding carboxylic acids is 1. The van der Waals surface area contributed by atoms with Crippen LogP contribution < -0.4 is 10.6 Å². The van der Waals surface area contributed by atoms with Crippen molar-refractivity contribution in [3.8, 4) is 0 Å². The van der Waals surface area contributed by atoms with Gasteiger partial charge in [0, 0.05) is 36.6 Å². The second-order valence-electron chi connectivity index (χ2n) is 7.53. The van der Waals surface area contributed by atoms with Crippen LogP contribution in [-0.2, 0) is 17.8 Å². The number of aryl methyl sites for hydroxylation is 1. The highest BCUT2D eigenvalue weighted by atomic mass is 16.6. The van der Waals surface area contributed by atoms with Gasteiger partial charge in [-0.05, 0) is 66.0 Å². The third kappa shape index (κ3) is 4.74. The second kappa shape index (κ2) is 6.95. The maximum atomic E-state index is 11.7. The first-order valence-corrected chi connectivity index (χ1v) is 8.58. The fourth-order valence-electron chi connectivity index (χ4n) is 3.17. The molecule has 0 saturated heterocycles. The number of ether oxygens (including phenoxy) is 1. The Hall–Kier alpha value is -1.49. The number of nitrogens with zero attached hydrogens (tertiary/aromatic N) is 1. The molecule has 0 spiro atoms. The summed E-state index contributed by atoms with van der Waals surface area (Å²) in [6.45, 7) is 14.1. The highest BCUT2D eigenvalue weighted by molar-refractivity contribution is 5.68. The van der Waals surface area contributed by atoms with Gasteiger partial charge in [-0.3, -0.25) is 0 Å². The maximum absolute atomic E-state index is 11.7. The highest BCUT2D eigenvalue weighted by Crippen LogP contribution is 2.22. The zero-order valence-corrected chi connectivity index (χ0v) is 15.3. The molecule has 1 aromatic heterocycles. The van der Waals surface area contributed by atoms with Crippen LogP contribution in [0.4, 0.5) is 4.79 Å². The Balaban J connectivity index is 1.72. The maximum Gasteiger partial charge on any atom is 0.407 e. The predicted molar refractivity (Wildman–Crippen MR) is 92.6 cm³/mol. The third-order valence-corrected chi connectivity index (χ3v) is 4.43. The molecule has 1 aromatic rings. The lowest BCUT2D eigenvalue weighted by Gasteiger charge is -2.36. The molecule has 0 unspecified atom stereocenters. The molecule has 2 rings (SSSR count). The molecule has 130 valence electrons. The second-order valence-corrected chi connectivity index (χ2v) is 7.53. The van der Waals surface area contributed by atoms with Crippen LogP contribution in [-0.4, -0.2) is 28.3 Å². The molecule has 1 amide bonds. The SMILES string of the molecule is CCn1c(C)cc(CNC2CC(NC(=O)OC(C)(C)C)C2)c1C. The lowest BCUT2D eigenvalue weighted by atomic mass is 9.87. The van der Waals surface area contributed by atoms with Crippen molar-refractivity contribution in [3.63, 3.8) is 0 Å². The Kier molecular flexibility index (Phi) is 5.40. The number of hydrogen-bond acceptors (Lipinski definition) is 3. The minimum Gasteiger partial charge on any atom is -0.444 e. The van der Waals surface area contributed by atoms with Crippen LogP contribution in [0.15, 0.2) is 6.07 Å². The topological polar surface area (TPSA) is 55.3 Å². The monoisotopic (exact) mass is 321 g/mol. The minimum absolute atomic E-state index is 0.227. The number of alkyl carbamates (subject to hydrolysis) is 1. The first-order valence-electron chi connectivity index (χ1n) is 8.58. The van der Waals surface area contributed by atoms with Crippen LogP contribution in [0.3, 0.4) is 0 Å². The number of carbonyl (C=O) groups is 1. The van der Waals surface area contributed by atoms with E-state index in [-0.39, 0.29) is 12.1 Å². The van der Waals surface area contributed by atoms with E-state index in [2.05, 4.69) is 42.0 Å². The van der Waals surface area contributed by atoms with Gasteiger partial charge >= 0.3 is 6.09 Å². The van der Waals surface area contributed by atoms with Crippen LogP contribution in [0, 0.1) is 13.8 Å². The van der Waals surface area contributed by atoms with E-state index >= 15 is 0 Å². The number of nitrogens with one attached hydrogen (secondary N) is 2. The molecule has 2 N–H and O–H groups in total. The van der Waals surface area contributed by atoms with E-state index in [4.69, 9.17) is 4.74 Å². The van der Waals surface area contributed by atoms with Crippen LogP contribution in [0.1, 0.15) is 57.5 Å². The average Bonchev–Trinajstić information content (AvgIpc) is 2.64. The van der Waals surface area contributed by atoms with Gasteiger partial charge in [0.05, 0.1) is 0 Å². The van der Waals surface area contributed by atoms with E-state index in [1.54, 1.807) is 0 Å². The van der Waals surface area contributed by atoms with E-state index in [9.17, 15) is 4.79 Å². The number of hydrogen-bond donors (Lipinski definition) is 2. The van der Waals surface area contributed by atoms with Crippen LogP contribution in [0.25, 0.3) is 0 Å². The number of aromatic nitrogens is 1. The van der Waals surface area contributed by atoms with E-state index in [1.807, 2.05) is 20.8 Å². The van der Waals surface area contributed by atoms with Crippen molar-refractivity contribution in [1.29, 1.82) is 0 Å². The lowest BCUT2D eigenvalue weighted by Crippen LogP contribution is -2.53. The van der Waals surface area contributed by atoms with Gasteiger partial charge in [0.25, 0.3) is 0 Å². The Morgan fingerprint density at radius 3 is 2.48 bits per heavy atom. The Morgan fingerprint density at radius 1 is 1.30 bits per heavy atom. The molecule has 5 heteroatoms. The molecule has 0 radical (unpaired) electrons. The standard InChI is InChI=1S/C18H31N3O2/c1-7-21-12(2)8-14(13(21)3)11-19-15-9-16(10-15)20-17(22)23-18(4,5)6/h8,15-16,19H,7,9-11H2,1-6H3,(H,20,22). The van der Waals surface area contributed by atoms with Crippen molar-refractivity contribution >= 4 is 6.09 Å². The summed E-state index contributed by atoms with van der Waals surface area (Å²) in [4.78, 5) is 11.7. The van der Waals surface area contributed by atoms with Gasteiger partial charge in [0.15, 0.2) is 0 Å². The van der Waals surface area contributed by atoms with E-state index in [1.165, 1.54) is 17.0 Å². The number of rotatable bonds is 5. The summed E-state index contributed by atoms with van der Waals surface area (Å²) in [5.41, 5.74) is 3.60. The van der Waals surface area contributed by atoms with E-state index < -0.39 is 5.60 Å². The molecule has 0 aliphatic heterocycles. The zero-order chi connectivity index (χ0) is 17.2. The fraction of sp³-hybridized carbons (Fsp3) is 0.722. The molecule has 1 saturated carbocycles. The average molecular weight is 321 g/mol. The molecule has 0 atom stereocenters. The molecule has 1 aliphatic carbocycles. The van der Waals surface area contributed by atoms with Gasteiger partial charge in [-0.1, -0.05) is 0 Å². The van der Waals surface area contributed by atoms with Crippen molar-refractivity contribution in [1.82, 2.24) is 15.2 Å². The number of amides is 1. The van der Waals surface area contributed by atoms with Crippen LogP contribution in [0.5, 0.6) is 0 Å². The van der Waals surface area contributed by atoms with Crippen molar-refractivity contribution in [2.45, 2.75) is 85.2 Å². The Bertz CT molecular complexity index is 551. The molecule has 5 nitrogen and oxygen atoms in total. The normalized spacial score (nSPS) is 21.0. The molecule has 1 fully saturated rings. The minimum atomic E-state index is -0.437. The fourth-order valence-corrected chi connectivity index (χ4v) is 3.17. The molecular weight excluding hydrogens is 290 g/mol. The van der Waals surface area contributed by atoms with Crippen LogP contribution in [0.2, 0.25) is 0 Å². The Morgan fingerprint density at radius 2 is 1.96 bits per heavy atom. The van der Waals surface area contributed by atoms with Crippen molar-refractivity contribution in [2.24, 2.45) is 0 Å². The molecule has 1 aliphatic rings. The first-order chi connectivity index (χ1) is 10.7. The predicted octanol–water partition coefficient (Wildman–Crippen LogP) is 3.27. The Labute approximate surface area is 139 Å². The molecule has 1 heterocycles. The molecule has 23 heavy (non-hydrogen) atoms. The summed E-state index contributed by atoms with van der Waals surface area (Å²) in [6, 6.07) is 2.96. The van der Waals surface area contributed by atoms with Gasteiger partial charge in [-0.25, -0.2) is 4.79 Å². The summed E-state index contributed by atoms with van der Waals surface area (Å²) in [6.07, 6.45) is 1.62. The van der Waals surface area contributed by atoms with Crippen molar-refractivity contribution in [3.05, 3.63) is 23.0 Å². The summed E-state index contributed by atoms with van der Waals surface area (Å²) in [5, 5.41) is 6.52. The smallest absolute Gasteiger partial charge is 0.407 e. The first kappa shape index (κ1) is 17.9. The molecule has 0 bridgehead atoms. The van der Waals surface area contributed by atoms with E-state index in [0.717, 1.165) is 25.9 Å². The summed E-state index contributed by atoms with van der Waals surface area (Å²) in [7, 11) is 0. The summed E-state index contributed by atoms with van der Waals surface area (Å²) in [5.74, 6) is 0. The van der Waals surface area contributed by atoms with Crippen molar-refractivity contribution in [2.75, 3.05) is 0 Å². The van der Waals surface area contributed by atoms with E-state index in [0.29, 0.717) is 6.04 Å². The largest absolute Gasteiger partial charge is 0.444 e. The van der Waals surface area contributed by atoms with Gasteiger partial charge in [0.2, 0.25) is 0 Å². The van der Waals surface area contributed by atoms with Gasteiger partial charge < -0.3 is 19.9 Å². The van der Waals surface area contributed by atoms with Gasteiger partial charge in [-0.15, -0.1) is 0 Å². The lowest BCUT2D eigenvalue weighted by molar-refractivity contribution is 0.0465.